The number of hydrazine groups is 1. The average Bonchev–Trinajstić information content (AvgIpc) is 2.39. The van der Waals surface area contributed by atoms with Crippen LogP contribution in [0.1, 0.15) is 24.6 Å². The molecular formula is C13H17N5. The topological polar surface area (TPSA) is 76.7 Å². The van der Waals surface area contributed by atoms with Gasteiger partial charge in [0.15, 0.2) is 5.82 Å². The van der Waals surface area contributed by atoms with E-state index in [2.05, 4.69) is 27.3 Å². The first kappa shape index (κ1) is 12.4. The molecule has 0 aliphatic rings. The number of pyridine rings is 1. The molecule has 2 rings (SSSR count). The number of aryl methyl sites for hydroxylation is 2. The van der Waals surface area contributed by atoms with Gasteiger partial charge in [-0.3, -0.25) is 4.98 Å². The van der Waals surface area contributed by atoms with E-state index in [4.69, 9.17) is 5.84 Å². The Morgan fingerprint density at radius 3 is 2.83 bits per heavy atom. The van der Waals surface area contributed by atoms with Crippen molar-refractivity contribution in [2.24, 2.45) is 5.84 Å². The highest BCUT2D eigenvalue weighted by molar-refractivity contribution is 5.56. The molecule has 2 aromatic heterocycles. The van der Waals surface area contributed by atoms with E-state index in [0.717, 1.165) is 29.8 Å². The van der Waals surface area contributed by atoms with Gasteiger partial charge >= 0.3 is 0 Å². The second kappa shape index (κ2) is 5.55. The van der Waals surface area contributed by atoms with Crippen molar-refractivity contribution in [3.8, 4) is 11.5 Å². The van der Waals surface area contributed by atoms with Crippen molar-refractivity contribution in [1.82, 2.24) is 15.0 Å². The molecule has 5 nitrogen and oxygen atoms in total. The molecule has 0 bridgehead atoms. The van der Waals surface area contributed by atoms with Crippen molar-refractivity contribution >= 4 is 5.82 Å². The Morgan fingerprint density at radius 1 is 1.33 bits per heavy atom. The maximum absolute atomic E-state index is 5.44. The van der Waals surface area contributed by atoms with Crippen LogP contribution < -0.4 is 11.3 Å². The van der Waals surface area contributed by atoms with Crippen molar-refractivity contribution < 1.29 is 0 Å². The minimum absolute atomic E-state index is 0.618. The summed E-state index contributed by atoms with van der Waals surface area (Å²) in [5.41, 5.74) is 5.40. The first-order chi connectivity index (χ1) is 8.74. The number of anilines is 1. The van der Waals surface area contributed by atoms with Crippen molar-refractivity contribution in [3.63, 3.8) is 0 Å². The lowest BCUT2D eigenvalue weighted by Gasteiger charge is -2.08. The number of nitrogen functional groups attached to an aromatic ring is 1. The minimum Gasteiger partial charge on any atom is -0.308 e. The van der Waals surface area contributed by atoms with E-state index < -0.39 is 0 Å². The molecule has 3 N–H and O–H groups in total. The molecule has 0 spiro atoms. The highest BCUT2D eigenvalue weighted by Crippen LogP contribution is 2.19. The quantitative estimate of drug-likeness (QED) is 0.635. The van der Waals surface area contributed by atoms with Gasteiger partial charge in [0, 0.05) is 18.0 Å². The zero-order valence-corrected chi connectivity index (χ0v) is 10.6. The molecular weight excluding hydrogens is 226 g/mol. The Bertz CT molecular complexity index is 539. The van der Waals surface area contributed by atoms with Gasteiger partial charge in [-0.2, -0.15) is 0 Å². The number of nitrogens with zero attached hydrogens (tertiary/aromatic N) is 3. The summed E-state index contributed by atoms with van der Waals surface area (Å²) >= 11 is 0. The van der Waals surface area contributed by atoms with Gasteiger partial charge in [-0.05, 0) is 25.0 Å². The molecule has 18 heavy (non-hydrogen) atoms. The van der Waals surface area contributed by atoms with Crippen LogP contribution in [0.4, 0.5) is 5.82 Å². The standard InChI is InChI=1S/C13H17N5/c1-3-5-10-8-11(18-14)17-13(16-10)12-9(2)6-4-7-15-12/h4,6-8H,3,5,14H2,1-2H3,(H,16,17,18). The molecule has 5 heteroatoms. The summed E-state index contributed by atoms with van der Waals surface area (Å²) in [5.74, 6) is 6.68. The second-order valence-corrected chi connectivity index (χ2v) is 4.13. The van der Waals surface area contributed by atoms with Crippen LogP contribution in [0.2, 0.25) is 0 Å². The second-order valence-electron chi connectivity index (χ2n) is 4.13. The molecule has 0 radical (unpaired) electrons. The molecule has 0 saturated carbocycles. The van der Waals surface area contributed by atoms with E-state index in [0.29, 0.717) is 11.6 Å². The SMILES string of the molecule is CCCc1cc(NN)nc(-c2ncccc2C)n1. The molecule has 94 valence electrons. The molecule has 0 atom stereocenters. The number of aromatic nitrogens is 3. The monoisotopic (exact) mass is 243 g/mol. The van der Waals surface area contributed by atoms with Crippen molar-refractivity contribution in [3.05, 3.63) is 35.7 Å². The third-order valence-electron chi connectivity index (χ3n) is 2.65. The Morgan fingerprint density at radius 2 is 2.17 bits per heavy atom. The number of hydrogen-bond donors (Lipinski definition) is 2. The van der Waals surface area contributed by atoms with E-state index in [1.54, 1.807) is 6.20 Å². The third kappa shape index (κ3) is 2.62. The fourth-order valence-electron chi connectivity index (χ4n) is 1.78. The smallest absolute Gasteiger partial charge is 0.180 e. The summed E-state index contributed by atoms with van der Waals surface area (Å²) in [6, 6.07) is 5.76. The molecule has 0 unspecified atom stereocenters. The highest BCUT2D eigenvalue weighted by Gasteiger charge is 2.09. The lowest BCUT2D eigenvalue weighted by atomic mass is 10.2. The highest BCUT2D eigenvalue weighted by atomic mass is 15.3. The van der Waals surface area contributed by atoms with Gasteiger partial charge in [0.25, 0.3) is 0 Å². The molecule has 0 aliphatic heterocycles. The Kier molecular flexibility index (Phi) is 3.84. The third-order valence-corrected chi connectivity index (χ3v) is 2.65. The first-order valence-corrected chi connectivity index (χ1v) is 6.01. The zero-order valence-electron chi connectivity index (χ0n) is 10.6. The summed E-state index contributed by atoms with van der Waals surface area (Å²) in [7, 11) is 0. The van der Waals surface area contributed by atoms with Crippen molar-refractivity contribution in [2.45, 2.75) is 26.7 Å². The Hall–Kier alpha value is -2.01. The summed E-state index contributed by atoms with van der Waals surface area (Å²) in [6.07, 6.45) is 3.67. The van der Waals surface area contributed by atoms with Gasteiger partial charge in [0.1, 0.15) is 11.5 Å². The molecule has 0 saturated heterocycles. The van der Waals surface area contributed by atoms with Gasteiger partial charge in [-0.15, -0.1) is 0 Å². The van der Waals surface area contributed by atoms with Gasteiger partial charge in [-0.25, -0.2) is 15.8 Å². The molecule has 0 fully saturated rings. The largest absolute Gasteiger partial charge is 0.308 e. The fraction of sp³-hybridized carbons (Fsp3) is 0.308. The van der Waals surface area contributed by atoms with Crippen LogP contribution in [0.3, 0.4) is 0 Å². The van der Waals surface area contributed by atoms with Crippen LogP contribution in [0.15, 0.2) is 24.4 Å². The number of hydrogen-bond acceptors (Lipinski definition) is 5. The van der Waals surface area contributed by atoms with Gasteiger partial charge in [0.2, 0.25) is 0 Å². The maximum Gasteiger partial charge on any atom is 0.180 e. The predicted octanol–water partition coefficient (Wildman–Crippen LogP) is 2.09. The zero-order chi connectivity index (χ0) is 13.0. The van der Waals surface area contributed by atoms with Crippen LogP contribution in [0, 0.1) is 6.92 Å². The predicted molar refractivity (Wildman–Crippen MR) is 71.8 cm³/mol. The number of nitrogens with two attached hydrogens (primary N) is 1. The van der Waals surface area contributed by atoms with Gasteiger partial charge in [-0.1, -0.05) is 19.4 Å². The van der Waals surface area contributed by atoms with Crippen LogP contribution in [0.25, 0.3) is 11.5 Å². The maximum atomic E-state index is 5.44. The average molecular weight is 243 g/mol. The van der Waals surface area contributed by atoms with Crippen molar-refractivity contribution in [2.75, 3.05) is 5.43 Å². The van der Waals surface area contributed by atoms with Gasteiger partial charge < -0.3 is 5.43 Å². The van der Waals surface area contributed by atoms with E-state index in [1.165, 1.54) is 0 Å². The van der Waals surface area contributed by atoms with Crippen LogP contribution in [-0.2, 0) is 6.42 Å². The molecule has 0 aromatic carbocycles. The van der Waals surface area contributed by atoms with E-state index in [-0.39, 0.29) is 0 Å². The van der Waals surface area contributed by atoms with Crippen LogP contribution >= 0.6 is 0 Å². The molecule has 2 aromatic rings. The summed E-state index contributed by atoms with van der Waals surface area (Å²) in [6.45, 7) is 4.11. The fourth-order valence-corrected chi connectivity index (χ4v) is 1.78. The van der Waals surface area contributed by atoms with E-state index in [1.807, 2.05) is 25.1 Å². The normalized spacial score (nSPS) is 10.4. The number of nitrogens with one attached hydrogen (secondary N) is 1. The van der Waals surface area contributed by atoms with Gasteiger partial charge in [0.05, 0.1) is 0 Å². The summed E-state index contributed by atoms with van der Waals surface area (Å²) < 4.78 is 0. The first-order valence-electron chi connectivity index (χ1n) is 6.01. The summed E-state index contributed by atoms with van der Waals surface area (Å²) in [5, 5.41) is 0. The minimum atomic E-state index is 0.618. The molecule has 2 heterocycles. The van der Waals surface area contributed by atoms with E-state index >= 15 is 0 Å². The summed E-state index contributed by atoms with van der Waals surface area (Å²) in [4.78, 5) is 13.2. The molecule has 0 aliphatic carbocycles. The van der Waals surface area contributed by atoms with Crippen LogP contribution in [0.5, 0.6) is 0 Å². The van der Waals surface area contributed by atoms with E-state index in [9.17, 15) is 0 Å². The number of rotatable bonds is 4. The molecule has 0 amide bonds. The lowest BCUT2D eigenvalue weighted by Crippen LogP contribution is -2.11. The van der Waals surface area contributed by atoms with Crippen LogP contribution in [-0.4, -0.2) is 15.0 Å². The lowest BCUT2D eigenvalue weighted by molar-refractivity contribution is 0.873. The van der Waals surface area contributed by atoms with Crippen molar-refractivity contribution in [1.29, 1.82) is 0 Å². The Balaban J connectivity index is 2.50. The Labute approximate surface area is 106 Å².